The molecule has 0 aliphatic carbocycles. The standard InChI is InChI=1S/C21H27ClN4O4S/c1-14-7-10-25(11-8-14)21(27)17-4-3-9-26(13-17)31(28,29)19-12-16(5-6-18(19)22)20-23-15(2)30-24-20/h5-6,12,14,17H,3-4,7-11,13H2,1-2H3. The number of carbonyl (C=O) groups excluding carboxylic acids is 1. The number of hydrogen-bond donors (Lipinski definition) is 0. The summed E-state index contributed by atoms with van der Waals surface area (Å²) in [6, 6.07) is 4.65. The fourth-order valence-electron chi connectivity index (χ4n) is 4.25. The van der Waals surface area contributed by atoms with Gasteiger partial charge in [-0.1, -0.05) is 23.7 Å². The Hall–Kier alpha value is -1.97. The molecule has 0 N–H and O–H groups in total. The molecule has 2 aromatic rings. The molecular formula is C21H27ClN4O4S. The van der Waals surface area contributed by atoms with Crippen LogP contribution in [0.3, 0.4) is 0 Å². The number of sulfonamides is 1. The molecule has 0 spiro atoms. The van der Waals surface area contributed by atoms with Gasteiger partial charge < -0.3 is 9.42 Å². The molecule has 2 aliphatic heterocycles. The monoisotopic (exact) mass is 466 g/mol. The van der Waals surface area contributed by atoms with Crippen molar-refractivity contribution in [3.63, 3.8) is 0 Å². The van der Waals surface area contributed by atoms with E-state index in [-0.39, 0.29) is 28.3 Å². The third kappa shape index (κ3) is 4.63. The lowest BCUT2D eigenvalue weighted by atomic mass is 9.94. The van der Waals surface area contributed by atoms with Gasteiger partial charge in [0.15, 0.2) is 0 Å². The van der Waals surface area contributed by atoms with Crippen LogP contribution in [0, 0.1) is 18.8 Å². The molecule has 1 atom stereocenters. The summed E-state index contributed by atoms with van der Waals surface area (Å²) in [5.74, 6) is 1.06. The van der Waals surface area contributed by atoms with Crippen molar-refractivity contribution in [1.82, 2.24) is 19.3 Å². The lowest BCUT2D eigenvalue weighted by Crippen LogP contribution is -2.48. The molecule has 8 nitrogen and oxygen atoms in total. The molecule has 168 valence electrons. The number of likely N-dealkylation sites (tertiary alicyclic amines) is 1. The summed E-state index contributed by atoms with van der Waals surface area (Å²) in [5.41, 5.74) is 0.506. The molecule has 0 saturated carbocycles. The Morgan fingerprint density at radius 1 is 1.19 bits per heavy atom. The lowest BCUT2D eigenvalue weighted by Gasteiger charge is -2.37. The number of aryl methyl sites for hydroxylation is 1. The largest absolute Gasteiger partial charge is 0.342 e. The second kappa shape index (κ2) is 8.88. The first kappa shape index (κ1) is 22.2. The van der Waals surface area contributed by atoms with Gasteiger partial charge in [-0.15, -0.1) is 0 Å². The van der Waals surface area contributed by atoms with Crippen LogP contribution in [0.25, 0.3) is 11.4 Å². The Balaban J connectivity index is 1.55. The highest BCUT2D eigenvalue weighted by molar-refractivity contribution is 7.89. The van der Waals surface area contributed by atoms with Crippen molar-refractivity contribution < 1.29 is 17.7 Å². The zero-order valence-corrected chi connectivity index (χ0v) is 19.3. The Labute approximate surface area is 187 Å². The van der Waals surface area contributed by atoms with Crippen LogP contribution < -0.4 is 0 Å². The van der Waals surface area contributed by atoms with Crippen LogP contribution in [-0.2, 0) is 14.8 Å². The zero-order valence-electron chi connectivity index (χ0n) is 17.8. The van der Waals surface area contributed by atoms with Crippen molar-refractivity contribution in [1.29, 1.82) is 0 Å². The highest BCUT2D eigenvalue weighted by atomic mass is 35.5. The summed E-state index contributed by atoms with van der Waals surface area (Å²) in [5, 5.41) is 3.98. The highest BCUT2D eigenvalue weighted by Crippen LogP contribution is 2.32. The van der Waals surface area contributed by atoms with E-state index in [1.807, 2.05) is 4.90 Å². The van der Waals surface area contributed by atoms with E-state index in [1.165, 1.54) is 16.4 Å². The number of hydrogen-bond acceptors (Lipinski definition) is 6. The van der Waals surface area contributed by atoms with Gasteiger partial charge in [-0.3, -0.25) is 4.79 Å². The molecule has 4 rings (SSSR count). The van der Waals surface area contributed by atoms with Crippen LogP contribution in [0.15, 0.2) is 27.6 Å². The number of piperidine rings is 2. The van der Waals surface area contributed by atoms with Gasteiger partial charge in [0.1, 0.15) is 4.90 Å². The average Bonchev–Trinajstić information content (AvgIpc) is 3.20. The summed E-state index contributed by atoms with van der Waals surface area (Å²) in [7, 11) is -3.88. The van der Waals surface area contributed by atoms with Gasteiger partial charge in [0, 0.05) is 38.7 Å². The molecule has 10 heteroatoms. The van der Waals surface area contributed by atoms with E-state index in [2.05, 4.69) is 17.1 Å². The van der Waals surface area contributed by atoms with E-state index < -0.39 is 10.0 Å². The number of amides is 1. The summed E-state index contributed by atoms with van der Waals surface area (Å²) in [4.78, 5) is 19.1. The summed E-state index contributed by atoms with van der Waals surface area (Å²) in [6.45, 7) is 5.91. The second-order valence-corrected chi connectivity index (χ2v) is 10.8. The molecule has 1 unspecified atom stereocenters. The summed E-state index contributed by atoms with van der Waals surface area (Å²) >= 11 is 6.28. The van der Waals surface area contributed by atoms with Gasteiger partial charge in [-0.05, 0) is 49.8 Å². The Morgan fingerprint density at radius 3 is 2.61 bits per heavy atom. The van der Waals surface area contributed by atoms with Crippen LogP contribution in [0.5, 0.6) is 0 Å². The Bertz CT molecular complexity index is 1060. The molecule has 1 amide bonds. The molecule has 0 radical (unpaired) electrons. The van der Waals surface area contributed by atoms with Gasteiger partial charge in [0.25, 0.3) is 0 Å². The number of benzene rings is 1. The molecule has 2 saturated heterocycles. The average molecular weight is 467 g/mol. The normalized spacial score (nSPS) is 21.4. The van der Waals surface area contributed by atoms with Gasteiger partial charge in [-0.25, -0.2) is 8.42 Å². The van der Waals surface area contributed by atoms with Crippen molar-refractivity contribution in [2.75, 3.05) is 26.2 Å². The van der Waals surface area contributed by atoms with Gasteiger partial charge in [-0.2, -0.15) is 9.29 Å². The molecule has 2 aliphatic rings. The van der Waals surface area contributed by atoms with Crippen LogP contribution in [0.2, 0.25) is 5.02 Å². The zero-order chi connectivity index (χ0) is 22.2. The predicted octanol–water partition coefficient (Wildman–Crippen LogP) is 3.36. The van der Waals surface area contributed by atoms with Crippen LogP contribution >= 0.6 is 11.6 Å². The van der Waals surface area contributed by atoms with Gasteiger partial charge >= 0.3 is 0 Å². The smallest absolute Gasteiger partial charge is 0.244 e. The molecule has 31 heavy (non-hydrogen) atoms. The van der Waals surface area contributed by atoms with E-state index in [0.717, 1.165) is 25.9 Å². The molecule has 1 aromatic carbocycles. The van der Waals surface area contributed by atoms with Crippen molar-refractivity contribution in [3.8, 4) is 11.4 Å². The van der Waals surface area contributed by atoms with Crippen LogP contribution in [-0.4, -0.2) is 59.8 Å². The molecule has 2 fully saturated rings. The van der Waals surface area contributed by atoms with Crippen molar-refractivity contribution in [2.24, 2.45) is 11.8 Å². The number of halogens is 1. The minimum absolute atomic E-state index is 0.00554. The number of carbonyl (C=O) groups is 1. The van der Waals surface area contributed by atoms with Crippen LogP contribution in [0.4, 0.5) is 0 Å². The number of nitrogens with zero attached hydrogens (tertiary/aromatic N) is 4. The maximum absolute atomic E-state index is 13.4. The maximum atomic E-state index is 13.4. The van der Waals surface area contributed by atoms with E-state index in [0.29, 0.717) is 42.6 Å². The highest BCUT2D eigenvalue weighted by Gasteiger charge is 2.36. The van der Waals surface area contributed by atoms with E-state index in [9.17, 15) is 13.2 Å². The van der Waals surface area contributed by atoms with Crippen molar-refractivity contribution in [2.45, 2.75) is 44.4 Å². The molecular weight excluding hydrogens is 440 g/mol. The second-order valence-electron chi connectivity index (χ2n) is 8.49. The maximum Gasteiger partial charge on any atom is 0.244 e. The quantitative estimate of drug-likeness (QED) is 0.685. The Morgan fingerprint density at radius 2 is 1.94 bits per heavy atom. The lowest BCUT2D eigenvalue weighted by molar-refractivity contribution is -0.138. The molecule has 1 aromatic heterocycles. The van der Waals surface area contributed by atoms with Crippen molar-refractivity contribution >= 4 is 27.5 Å². The minimum atomic E-state index is -3.88. The topological polar surface area (TPSA) is 96.6 Å². The summed E-state index contributed by atoms with van der Waals surface area (Å²) < 4.78 is 33.3. The first-order chi connectivity index (χ1) is 14.8. The van der Waals surface area contributed by atoms with Crippen molar-refractivity contribution in [3.05, 3.63) is 29.1 Å². The first-order valence-electron chi connectivity index (χ1n) is 10.6. The summed E-state index contributed by atoms with van der Waals surface area (Å²) in [6.07, 6.45) is 3.34. The first-order valence-corrected chi connectivity index (χ1v) is 12.5. The minimum Gasteiger partial charge on any atom is -0.342 e. The van der Waals surface area contributed by atoms with E-state index >= 15 is 0 Å². The SMILES string of the molecule is Cc1nc(-c2ccc(Cl)c(S(=O)(=O)N3CCCC(C(=O)N4CCC(C)CC4)C3)c2)no1. The Kier molecular flexibility index (Phi) is 6.37. The third-order valence-electron chi connectivity index (χ3n) is 6.16. The third-order valence-corrected chi connectivity index (χ3v) is 8.51. The molecule has 3 heterocycles. The fraction of sp³-hybridized carbons (Fsp3) is 0.571. The number of aromatic nitrogens is 2. The predicted molar refractivity (Wildman–Crippen MR) is 116 cm³/mol. The fourth-order valence-corrected chi connectivity index (χ4v) is 6.27. The molecule has 0 bridgehead atoms. The number of rotatable bonds is 4. The van der Waals surface area contributed by atoms with E-state index in [1.54, 1.807) is 13.0 Å². The van der Waals surface area contributed by atoms with Gasteiger partial charge in [0.2, 0.25) is 27.6 Å². The van der Waals surface area contributed by atoms with Crippen LogP contribution in [0.1, 0.15) is 38.5 Å². The van der Waals surface area contributed by atoms with E-state index in [4.69, 9.17) is 16.1 Å². The van der Waals surface area contributed by atoms with Gasteiger partial charge in [0.05, 0.1) is 10.9 Å².